The maximum atomic E-state index is 6.17. The van der Waals surface area contributed by atoms with Crippen LogP contribution in [-0.4, -0.2) is 20.3 Å². The summed E-state index contributed by atoms with van der Waals surface area (Å²) in [7, 11) is 1.72. The van der Waals surface area contributed by atoms with E-state index in [2.05, 4.69) is 43.0 Å². The highest BCUT2D eigenvalue weighted by Gasteiger charge is 2.34. The number of methoxy groups -OCH3 is 1. The molecule has 0 spiro atoms. The summed E-state index contributed by atoms with van der Waals surface area (Å²) in [6.45, 7) is 5.22. The summed E-state index contributed by atoms with van der Waals surface area (Å²) in [5.74, 6) is 1.31. The molecule has 0 aliphatic heterocycles. The number of rotatable bonds is 8. The van der Waals surface area contributed by atoms with Gasteiger partial charge in [-0.05, 0) is 36.7 Å². The van der Waals surface area contributed by atoms with E-state index >= 15 is 0 Å². The van der Waals surface area contributed by atoms with E-state index in [9.17, 15) is 0 Å². The smallest absolute Gasteiger partial charge is 0.0856 e. The zero-order valence-corrected chi connectivity index (χ0v) is 12.5. The van der Waals surface area contributed by atoms with Crippen LogP contribution in [0.5, 0.6) is 0 Å². The summed E-state index contributed by atoms with van der Waals surface area (Å²) >= 11 is 0. The zero-order valence-electron chi connectivity index (χ0n) is 12.5. The first-order valence-corrected chi connectivity index (χ1v) is 7.63. The molecule has 20 heavy (non-hydrogen) atoms. The van der Waals surface area contributed by atoms with Crippen molar-refractivity contribution in [2.45, 2.75) is 31.8 Å². The highest BCUT2D eigenvalue weighted by atomic mass is 16.5. The van der Waals surface area contributed by atoms with Crippen LogP contribution in [-0.2, 0) is 9.47 Å². The molecule has 1 saturated carbocycles. The lowest BCUT2D eigenvalue weighted by Crippen LogP contribution is -2.21. The largest absolute Gasteiger partial charge is 0.382 e. The molecular formula is C18H26O2. The van der Waals surface area contributed by atoms with Crippen molar-refractivity contribution in [1.82, 2.24) is 0 Å². The maximum absolute atomic E-state index is 6.17. The van der Waals surface area contributed by atoms with E-state index in [-0.39, 0.29) is 6.10 Å². The van der Waals surface area contributed by atoms with Crippen molar-refractivity contribution < 1.29 is 9.47 Å². The summed E-state index contributed by atoms with van der Waals surface area (Å²) in [4.78, 5) is 0. The van der Waals surface area contributed by atoms with Crippen LogP contribution in [0.2, 0.25) is 0 Å². The minimum atomic E-state index is 0.193. The molecule has 2 rings (SSSR count). The third kappa shape index (κ3) is 3.94. The lowest BCUT2D eigenvalue weighted by atomic mass is 9.85. The Hall–Kier alpha value is -1.12. The van der Waals surface area contributed by atoms with Gasteiger partial charge in [-0.3, -0.25) is 0 Å². The first-order chi connectivity index (χ1) is 9.86. The Morgan fingerprint density at radius 2 is 2.05 bits per heavy atom. The fraction of sp³-hybridized carbons (Fsp3) is 0.556. The van der Waals surface area contributed by atoms with Crippen molar-refractivity contribution >= 4 is 0 Å². The molecule has 2 nitrogen and oxygen atoms in total. The van der Waals surface area contributed by atoms with E-state index < -0.39 is 0 Å². The fourth-order valence-corrected chi connectivity index (χ4v) is 3.34. The standard InChI is InChI=1S/C18H26O2/c1-3-8-15-11-7-12-17(15)18(20-14-13-19-2)16-9-5-4-6-10-16/h3-6,9-10,15,17-18H,1,7-8,11-14H2,2H3/t15-,17-,18-/m0/s1. The predicted octanol–water partition coefficient (Wildman–Crippen LogP) is 4.38. The Balaban J connectivity index is 2.10. The first-order valence-electron chi connectivity index (χ1n) is 7.63. The molecule has 0 radical (unpaired) electrons. The van der Waals surface area contributed by atoms with Crippen molar-refractivity contribution in [3.63, 3.8) is 0 Å². The summed E-state index contributed by atoms with van der Waals surface area (Å²) in [6, 6.07) is 10.6. The van der Waals surface area contributed by atoms with Crippen LogP contribution in [0.1, 0.15) is 37.4 Å². The van der Waals surface area contributed by atoms with Crippen LogP contribution < -0.4 is 0 Å². The fourth-order valence-electron chi connectivity index (χ4n) is 3.34. The quantitative estimate of drug-likeness (QED) is 0.517. The topological polar surface area (TPSA) is 18.5 Å². The normalized spacial score (nSPS) is 23.6. The summed E-state index contributed by atoms with van der Waals surface area (Å²) in [5, 5.41) is 0. The van der Waals surface area contributed by atoms with Crippen LogP contribution in [0.15, 0.2) is 43.0 Å². The van der Waals surface area contributed by atoms with E-state index in [0.29, 0.717) is 25.0 Å². The van der Waals surface area contributed by atoms with Gasteiger partial charge < -0.3 is 9.47 Å². The van der Waals surface area contributed by atoms with Crippen molar-refractivity contribution in [1.29, 1.82) is 0 Å². The molecule has 0 N–H and O–H groups in total. The predicted molar refractivity (Wildman–Crippen MR) is 82.7 cm³/mol. The van der Waals surface area contributed by atoms with E-state index in [1.54, 1.807) is 7.11 Å². The molecule has 1 aromatic rings. The molecule has 0 aromatic heterocycles. The molecule has 1 fully saturated rings. The van der Waals surface area contributed by atoms with Gasteiger partial charge in [-0.15, -0.1) is 6.58 Å². The van der Waals surface area contributed by atoms with Crippen molar-refractivity contribution in [3.05, 3.63) is 48.6 Å². The molecule has 0 saturated heterocycles. The van der Waals surface area contributed by atoms with E-state index in [1.807, 2.05) is 0 Å². The van der Waals surface area contributed by atoms with E-state index in [0.717, 1.165) is 6.42 Å². The Morgan fingerprint density at radius 1 is 1.25 bits per heavy atom. The molecule has 1 aromatic carbocycles. The van der Waals surface area contributed by atoms with Gasteiger partial charge in [0.05, 0.1) is 19.3 Å². The maximum Gasteiger partial charge on any atom is 0.0856 e. The monoisotopic (exact) mass is 274 g/mol. The minimum absolute atomic E-state index is 0.193. The Bertz CT molecular complexity index is 388. The Morgan fingerprint density at radius 3 is 2.75 bits per heavy atom. The number of hydrogen-bond donors (Lipinski definition) is 0. The lowest BCUT2D eigenvalue weighted by Gasteiger charge is -2.29. The first kappa shape index (κ1) is 15.3. The van der Waals surface area contributed by atoms with Crippen molar-refractivity contribution in [3.8, 4) is 0 Å². The lowest BCUT2D eigenvalue weighted by molar-refractivity contribution is -0.0241. The van der Waals surface area contributed by atoms with Gasteiger partial charge in [0.2, 0.25) is 0 Å². The average molecular weight is 274 g/mol. The molecule has 0 unspecified atom stereocenters. The number of ether oxygens (including phenoxy) is 2. The van der Waals surface area contributed by atoms with Crippen LogP contribution in [0, 0.1) is 11.8 Å². The van der Waals surface area contributed by atoms with Gasteiger partial charge in [-0.1, -0.05) is 42.8 Å². The summed E-state index contributed by atoms with van der Waals surface area (Å²) in [5.41, 5.74) is 1.30. The molecule has 0 amide bonds. The highest BCUT2D eigenvalue weighted by Crippen LogP contribution is 2.43. The van der Waals surface area contributed by atoms with Gasteiger partial charge in [0, 0.05) is 7.11 Å². The van der Waals surface area contributed by atoms with Gasteiger partial charge in [0.15, 0.2) is 0 Å². The molecule has 2 heteroatoms. The molecular weight excluding hydrogens is 248 g/mol. The van der Waals surface area contributed by atoms with Crippen LogP contribution >= 0.6 is 0 Å². The summed E-state index contributed by atoms with van der Waals surface area (Å²) in [6.07, 6.45) is 7.21. The number of hydrogen-bond acceptors (Lipinski definition) is 2. The third-order valence-corrected chi connectivity index (χ3v) is 4.29. The second kappa shape index (κ2) is 8.23. The van der Waals surface area contributed by atoms with Crippen molar-refractivity contribution in [2.24, 2.45) is 11.8 Å². The van der Waals surface area contributed by atoms with E-state index in [1.165, 1.54) is 24.8 Å². The van der Waals surface area contributed by atoms with E-state index in [4.69, 9.17) is 9.47 Å². The van der Waals surface area contributed by atoms with Gasteiger partial charge >= 0.3 is 0 Å². The molecule has 0 heterocycles. The van der Waals surface area contributed by atoms with Crippen molar-refractivity contribution in [2.75, 3.05) is 20.3 Å². The zero-order chi connectivity index (χ0) is 14.2. The van der Waals surface area contributed by atoms with Gasteiger partial charge in [0.25, 0.3) is 0 Å². The van der Waals surface area contributed by atoms with Crippen LogP contribution in [0.25, 0.3) is 0 Å². The average Bonchev–Trinajstić information content (AvgIpc) is 2.93. The highest BCUT2D eigenvalue weighted by molar-refractivity contribution is 5.19. The van der Waals surface area contributed by atoms with Crippen LogP contribution in [0.4, 0.5) is 0 Å². The van der Waals surface area contributed by atoms with Gasteiger partial charge in [-0.25, -0.2) is 0 Å². The second-order valence-corrected chi connectivity index (χ2v) is 5.57. The third-order valence-electron chi connectivity index (χ3n) is 4.29. The van der Waals surface area contributed by atoms with Gasteiger partial charge in [0.1, 0.15) is 0 Å². The molecule has 110 valence electrons. The van der Waals surface area contributed by atoms with Gasteiger partial charge in [-0.2, -0.15) is 0 Å². The molecule has 1 aliphatic rings. The minimum Gasteiger partial charge on any atom is -0.382 e. The summed E-state index contributed by atoms with van der Waals surface area (Å²) < 4.78 is 11.3. The Labute approximate surface area is 122 Å². The SMILES string of the molecule is C=CC[C@H]1CCC[C@@H]1[C@@H](OCCOC)c1ccccc1. The molecule has 3 atom stereocenters. The number of benzene rings is 1. The molecule has 0 bridgehead atoms. The van der Waals surface area contributed by atoms with Crippen LogP contribution in [0.3, 0.4) is 0 Å². The molecule has 1 aliphatic carbocycles. The number of allylic oxidation sites excluding steroid dienone is 1. The second-order valence-electron chi connectivity index (χ2n) is 5.57. The Kier molecular flexibility index (Phi) is 6.28.